The van der Waals surface area contributed by atoms with Gasteiger partial charge in [0, 0.05) is 18.0 Å². The number of hydrogen-bond donors (Lipinski definition) is 1. The lowest BCUT2D eigenvalue weighted by molar-refractivity contribution is 0.141. The Morgan fingerprint density at radius 1 is 1.85 bits per heavy atom. The molecule has 1 saturated heterocycles. The molecule has 68 valence electrons. The molecule has 0 saturated carbocycles. The van der Waals surface area contributed by atoms with Gasteiger partial charge in [-0.25, -0.2) is 9.48 Å². The van der Waals surface area contributed by atoms with Gasteiger partial charge < -0.3 is 10.1 Å². The number of hydrogen-bond acceptors (Lipinski definition) is 3. The summed E-state index contributed by atoms with van der Waals surface area (Å²) in [5.74, 6) is 0. The summed E-state index contributed by atoms with van der Waals surface area (Å²) in [5.41, 5.74) is 0.873. The number of cyclic esters (lactones) is 1. The standard InChI is InChI=1S/C8H9N3O2/c1-2-11-5-6(3-10-11)7-4-9-8(12)13-7/h2-3,5,7H,1,4H2,(H,9,12). The van der Waals surface area contributed by atoms with Crippen molar-refractivity contribution in [1.82, 2.24) is 15.1 Å². The minimum absolute atomic E-state index is 0.221. The Bertz CT molecular complexity index is 345. The molecule has 5 heteroatoms. The number of rotatable bonds is 2. The van der Waals surface area contributed by atoms with E-state index < -0.39 is 0 Å². The third-order valence-electron chi connectivity index (χ3n) is 1.86. The zero-order valence-corrected chi connectivity index (χ0v) is 6.93. The number of carbonyl (C=O) groups excluding carboxylic acids is 1. The van der Waals surface area contributed by atoms with Crippen LogP contribution in [0, 0.1) is 0 Å². The smallest absolute Gasteiger partial charge is 0.407 e. The molecule has 1 amide bonds. The summed E-state index contributed by atoms with van der Waals surface area (Å²) >= 11 is 0. The van der Waals surface area contributed by atoms with E-state index in [1.165, 1.54) is 0 Å². The average Bonchev–Trinajstić information content (AvgIpc) is 2.71. The molecule has 1 atom stereocenters. The summed E-state index contributed by atoms with van der Waals surface area (Å²) < 4.78 is 6.54. The van der Waals surface area contributed by atoms with E-state index in [-0.39, 0.29) is 12.2 Å². The van der Waals surface area contributed by atoms with Crippen LogP contribution in [0.15, 0.2) is 19.0 Å². The maximum atomic E-state index is 10.7. The van der Waals surface area contributed by atoms with Crippen molar-refractivity contribution in [2.75, 3.05) is 6.54 Å². The summed E-state index contributed by atoms with van der Waals surface area (Å²) in [4.78, 5) is 10.7. The number of nitrogens with one attached hydrogen (secondary N) is 1. The van der Waals surface area contributed by atoms with Crippen LogP contribution in [-0.4, -0.2) is 22.4 Å². The lowest BCUT2D eigenvalue weighted by Crippen LogP contribution is -2.12. The molecule has 1 aliphatic heterocycles. The Labute approximate surface area is 75.0 Å². The minimum Gasteiger partial charge on any atom is -0.439 e. The van der Waals surface area contributed by atoms with E-state index in [0.29, 0.717) is 6.54 Å². The molecule has 1 unspecified atom stereocenters. The van der Waals surface area contributed by atoms with Crippen LogP contribution >= 0.6 is 0 Å². The van der Waals surface area contributed by atoms with Crippen LogP contribution in [0.3, 0.4) is 0 Å². The van der Waals surface area contributed by atoms with Crippen molar-refractivity contribution in [2.24, 2.45) is 0 Å². The third kappa shape index (κ3) is 1.40. The number of carbonyl (C=O) groups is 1. The van der Waals surface area contributed by atoms with E-state index in [2.05, 4.69) is 17.0 Å². The largest absolute Gasteiger partial charge is 0.439 e. The quantitative estimate of drug-likeness (QED) is 0.729. The van der Waals surface area contributed by atoms with Gasteiger partial charge in [-0.1, -0.05) is 6.58 Å². The Hall–Kier alpha value is -1.78. The van der Waals surface area contributed by atoms with Crippen LogP contribution < -0.4 is 5.32 Å². The lowest BCUT2D eigenvalue weighted by Gasteiger charge is -2.02. The van der Waals surface area contributed by atoms with Crippen LogP contribution in [0.4, 0.5) is 4.79 Å². The number of aromatic nitrogens is 2. The van der Waals surface area contributed by atoms with Gasteiger partial charge in [0.1, 0.15) is 6.10 Å². The van der Waals surface area contributed by atoms with Gasteiger partial charge in [0.2, 0.25) is 0 Å². The van der Waals surface area contributed by atoms with Crippen molar-refractivity contribution in [3.05, 3.63) is 24.5 Å². The van der Waals surface area contributed by atoms with Crippen molar-refractivity contribution in [1.29, 1.82) is 0 Å². The van der Waals surface area contributed by atoms with Gasteiger partial charge in [-0.3, -0.25) is 0 Å². The van der Waals surface area contributed by atoms with Crippen LogP contribution in [0.5, 0.6) is 0 Å². The van der Waals surface area contributed by atoms with Gasteiger partial charge in [0.15, 0.2) is 0 Å². The van der Waals surface area contributed by atoms with E-state index in [9.17, 15) is 4.79 Å². The predicted octanol–water partition coefficient (Wildman–Crippen LogP) is 0.764. The fourth-order valence-electron chi connectivity index (χ4n) is 1.19. The zero-order chi connectivity index (χ0) is 9.26. The van der Waals surface area contributed by atoms with Gasteiger partial charge >= 0.3 is 6.09 Å². The number of alkyl carbamates (subject to hydrolysis) is 1. The van der Waals surface area contributed by atoms with E-state index >= 15 is 0 Å². The van der Waals surface area contributed by atoms with E-state index in [1.54, 1.807) is 23.3 Å². The first-order valence-electron chi connectivity index (χ1n) is 3.90. The van der Waals surface area contributed by atoms with Crippen LogP contribution in [-0.2, 0) is 4.74 Å². The molecule has 0 aromatic carbocycles. The van der Waals surface area contributed by atoms with Gasteiger partial charge in [-0.05, 0) is 0 Å². The summed E-state index contributed by atoms with van der Waals surface area (Å²) in [6.45, 7) is 4.06. The zero-order valence-electron chi connectivity index (χ0n) is 6.93. The lowest BCUT2D eigenvalue weighted by atomic mass is 10.2. The van der Waals surface area contributed by atoms with Crippen LogP contribution in [0.1, 0.15) is 11.7 Å². The molecule has 0 radical (unpaired) electrons. The molecule has 1 aromatic heterocycles. The van der Waals surface area contributed by atoms with Gasteiger partial charge in [0.05, 0.1) is 12.7 Å². The van der Waals surface area contributed by atoms with E-state index in [0.717, 1.165) is 5.56 Å². The molecule has 0 aliphatic carbocycles. The van der Waals surface area contributed by atoms with Crippen molar-refractivity contribution < 1.29 is 9.53 Å². The molecule has 2 rings (SSSR count). The highest BCUT2D eigenvalue weighted by molar-refractivity contribution is 5.69. The van der Waals surface area contributed by atoms with Gasteiger partial charge in [0.25, 0.3) is 0 Å². The van der Waals surface area contributed by atoms with E-state index in [4.69, 9.17) is 4.74 Å². The summed E-state index contributed by atoms with van der Waals surface area (Å²) in [6.07, 6.45) is 4.41. The maximum absolute atomic E-state index is 10.7. The van der Waals surface area contributed by atoms with Crippen molar-refractivity contribution in [3.63, 3.8) is 0 Å². The normalized spacial score (nSPS) is 20.9. The Balaban J connectivity index is 2.16. The molecular weight excluding hydrogens is 170 g/mol. The highest BCUT2D eigenvalue weighted by atomic mass is 16.6. The molecule has 0 bridgehead atoms. The topological polar surface area (TPSA) is 56.2 Å². The molecule has 5 nitrogen and oxygen atoms in total. The number of nitrogens with zero attached hydrogens (tertiary/aromatic N) is 2. The summed E-state index contributed by atoms with van der Waals surface area (Å²) in [7, 11) is 0. The highest BCUT2D eigenvalue weighted by Gasteiger charge is 2.24. The second kappa shape index (κ2) is 2.93. The van der Waals surface area contributed by atoms with Crippen LogP contribution in [0.25, 0.3) is 6.20 Å². The molecule has 1 fully saturated rings. The second-order valence-electron chi connectivity index (χ2n) is 2.71. The predicted molar refractivity (Wildman–Crippen MR) is 45.8 cm³/mol. The SMILES string of the molecule is C=Cn1cc(C2CNC(=O)O2)cn1. The highest BCUT2D eigenvalue weighted by Crippen LogP contribution is 2.19. The second-order valence-corrected chi connectivity index (χ2v) is 2.71. The fourth-order valence-corrected chi connectivity index (χ4v) is 1.19. The van der Waals surface area contributed by atoms with Crippen LogP contribution in [0.2, 0.25) is 0 Å². The molecule has 1 aliphatic rings. The number of amides is 1. The molecule has 1 aromatic rings. The summed E-state index contributed by atoms with van der Waals surface area (Å²) in [6, 6.07) is 0. The molecule has 2 heterocycles. The summed E-state index contributed by atoms with van der Waals surface area (Å²) in [5, 5.41) is 6.56. The van der Waals surface area contributed by atoms with E-state index in [1.807, 2.05) is 0 Å². The molecule has 1 N–H and O–H groups in total. The first-order valence-corrected chi connectivity index (χ1v) is 3.90. The first-order chi connectivity index (χ1) is 6.29. The monoisotopic (exact) mass is 179 g/mol. The Morgan fingerprint density at radius 3 is 3.23 bits per heavy atom. The number of ether oxygens (including phenoxy) is 1. The Morgan fingerprint density at radius 2 is 2.69 bits per heavy atom. The molecule has 13 heavy (non-hydrogen) atoms. The van der Waals surface area contributed by atoms with Crippen molar-refractivity contribution in [2.45, 2.75) is 6.10 Å². The van der Waals surface area contributed by atoms with Gasteiger partial charge in [-0.2, -0.15) is 5.10 Å². The Kier molecular flexibility index (Phi) is 1.77. The third-order valence-corrected chi connectivity index (χ3v) is 1.86. The molecular formula is C8H9N3O2. The fraction of sp³-hybridized carbons (Fsp3) is 0.250. The van der Waals surface area contributed by atoms with Crippen molar-refractivity contribution >= 4 is 12.3 Å². The van der Waals surface area contributed by atoms with Gasteiger partial charge in [-0.15, -0.1) is 0 Å². The minimum atomic E-state index is -0.378. The average molecular weight is 179 g/mol. The first kappa shape index (κ1) is 7.85. The van der Waals surface area contributed by atoms with Crippen molar-refractivity contribution in [3.8, 4) is 0 Å². The maximum Gasteiger partial charge on any atom is 0.407 e. The molecule has 0 spiro atoms.